The Morgan fingerprint density at radius 2 is 2.04 bits per heavy atom. The molecule has 23 heavy (non-hydrogen) atoms. The molecule has 0 aromatic carbocycles. The van der Waals surface area contributed by atoms with E-state index in [0.29, 0.717) is 11.5 Å². The molecule has 3 aliphatic rings. The van der Waals surface area contributed by atoms with E-state index >= 15 is 0 Å². The molecule has 0 aliphatic carbocycles. The molecule has 1 aromatic heterocycles. The number of piperidine rings is 1. The minimum absolute atomic E-state index is 0.608. The van der Waals surface area contributed by atoms with Gasteiger partial charge in [-0.15, -0.1) is 11.3 Å². The Morgan fingerprint density at radius 1 is 1.22 bits per heavy atom. The van der Waals surface area contributed by atoms with Gasteiger partial charge in [0, 0.05) is 37.0 Å². The van der Waals surface area contributed by atoms with Gasteiger partial charge in [0.15, 0.2) is 0 Å². The highest BCUT2D eigenvalue weighted by atomic mass is 32.1. The molecule has 0 atom stereocenters. The summed E-state index contributed by atoms with van der Waals surface area (Å²) in [5.74, 6) is 0. The summed E-state index contributed by atoms with van der Waals surface area (Å²) in [5, 5.41) is 4.87. The monoisotopic (exact) mass is 334 g/mol. The highest BCUT2D eigenvalue weighted by molar-refractivity contribution is 7.11. The second kappa shape index (κ2) is 6.43. The van der Waals surface area contributed by atoms with Gasteiger partial charge in [0.2, 0.25) is 0 Å². The summed E-state index contributed by atoms with van der Waals surface area (Å²) in [6, 6.07) is 0.645. The number of hydrogen-bond acceptors (Lipinski definition) is 5. The Morgan fingerprint density at radius 3 is 2.83 bits per heavy atom. The summed E-state index contributed by atoms with van der Waals surface area (Å²) in [6.07, 6.45) is 5.25. The maximum absolute atomic E-state index is 4.98. The van der Waals surface area contributed by atoms with E-state index in [1.807, 2.05) is 11.3 Å². The Kier molecular flexibility index (Phi) is 4.47. The molecule has 5 heteroatoms. The van der Waals surface area contributed by atoms with Gasteiger partial charge in [0.25, 0.3) is 0 Å². The van der Waals surface area contributed by atoms with Crippen LogP contribution < -0.4 is 5.32 Å². The molecule has 0 unspecified atom stereocenters. The molecule has 4 rings (SSSR count). The zero-order chi connectivity index (χ0) is 15.9. The van der Waals surface area contributed by atoms with E-state index in [4.69, 9.17) is 4.98 Å². The second-order valence-corrected chi connectivity index (χ2v) is 9.17. The van der Waals surface area contributed by atoms with Crippen molar-refractivity contribution in [2.45, 2.75) is 58.7 Å². The van der Waals surface area contributed by atoms with Crippen molar-refractivity contribution in [2.75, 3.05) is 32.7 Å². The van der Waals surface area contributed by atoms with Gasteiger partial charge in [-0.2, -0.15) is 0 Å². The van der Waals surface area contributed by atoms with Crippen LogP contribution in [0, 0.1) is 5.41 Å². The molecule has 0 bridgehead atoms. The standard InChI is InChI=1S/C18H30N4S/c1-14(2)22-9-3-15-16(11-22)23-17(20-15)12-21-10-6-18(13-21)4-7-19-8-5-18/h14,19H,3-13H2,1-2H3. The molecular weight excluding hydrogens is 304 g/mol. The van der Waals surface area contributed by atoms with Crippen LogP contribution in [0.3, 0.4) is 0 Å². The lowest BCUT2D eigenvalue weighted by Crippen LogP contribution is -2.38. The SMILES string of the molecule is CC(C)N1CCc2nc(CN3CCC4(CCNCC4)C3)sc2C1. The number of rotatable bonds is 3. The highest BCUT2D eigenvalue weighted by Crippen LogP contribution is 2.39. The molecule has 0 radical (unpaired) electrons. The first-order valence-electron chi connectivity index (χ1n) is 9.28. The molecule has 3 aliphatic heterocycles. The number of hydrogen-bond donors (Lipinski definition) is 1. The minimum atomic E-state index is 0.608. The third-order valence-corrected chi connectivity index (χ3v) is 7.14. The van der Waals surface area contributed by atoms with E-state index in [2.05, 4.69) is 29.0 Å². The third-order valence-electron chi connectivity index (χ3n) is 6.08. The fourth-order valence-corrected chi connectivity index (χ4v) is 5.68. The van der Waals surface area contributed by atoms with E-state index in [1.165, 1.54) is 67.6 Å². The van der Waals surface area contributed by atoms with Gasteiger partial charge in [-0.1, -0.05) is 0 Å². The van der Waals surface area contributed by atoms with Gasteiger partial charge in [-0.3, -0.25) is 9.80 Å². The van der Waals surface area contributed by atoms with Gasteiger partial charge >= 0.3 is 0 Å². The summed E-state index contributed by atoms with van der Waals surface area (Å²) in [4.78, 5) is 11.7. The molecule has 4 heterocycles. The van der Waals surface area contributed by atoms with Gasteiger partial charge < -0.3 is 5.32 Å². The zero-order valence-electron chi connectivity index (χ0n) is 14.6. The Hall–Kier alpha value is -0.490. The van der Waals surface area contributed by atoms with E-state index < -0.39 is 0 Å². The summed E-state index contributed by atoms with van der Waals surface area (Å²) < 4.78 is 0. The molecule has 0 saturated carbocycles. The Bertz CT molecular complexity index is 547. The lowest BCUT2D eigenvalue weighted by molar-refractivity contribution is 0.193. The first-order chi connectivity index (χ1) is 11.1. The smallest absolute Gasteiger partial charge is 0.107 e. The third kappa shape index (κ3) is 3.34. The highest BCUT2D eigenvalue weighted by Gasteiger charge is 2.39. The van der Waals surface area contributed by atoms with Gasteiger partial charge in [-0.25, -0.2) is 4.98 Å². The van der Waals surface area contributed by atoms with E-state index in [-0.39, 0.29) is 0 Å². The van der Waals surface area contributed by atoms with Crippen LogP contribution in [0.25, 0.3) is 0 Å². The van der Waals surface area contributed by atoms with E-state index in [1.54, 1.807) is 0 Å². The molecule has 1 spiro atoms. The molecule has 2 saturated heterocycles. The van der Waals surface area contributed by atoms with Crippen molar-refractivity contribution in [3.63, 3.8) is 0 Å². The van der Waals surface area contributed by atoms with Gasteiger partial charge in [0.1, 0.15) is 5.01 Å². The van der Waals surface area contributed by atoms with Crippen molar-refractivity contribution < 1.29 is 0 Å². The molecule has 2 fully saturated rings. The fourth-order valence-electron chi connectivity index (χ4n) is 4.50. The Balaban J connectivity index is 1.39. The van der Waals surface area contributed by atoms with Crippen molar-refractivity contribution in [1.82, 2.24) is 20.1 Å². The number of nitrogens with one attached hydrogen (secondary N) is 1. The normalized spacial score (nSPS) is 25.3. The van der Waals surface area contributed by atoms with Crippen LogP contribution in [0.5, 0.6) is 0 Å². The average Bonchev–Trinajstić information content (AvgIpc) is 3.11. The number of likely N-dealkylation sites (tertiary alicyclic amines) is 1. The van der Waals surface area contributed by atoms with Crippen LogP contribution >= 0.6 is 11.3 Å². The van der Waals surface area contributed by atoms with Crippen molar-refractivity contribution >= 4 is 11.3 Å². The quantitative estimate of drug-likeness (QED) is 0.920. The lowest BCUT2D eigenvalue weighted by Gasteiger charge is -2.33. The lowest BCUT2D eigenvalue weighted by atomic mass is 9.78. The number of aromatic nitrogens is 1. The van der Waals surface area contributed by atoms with E-state index in [9.17, 15) is 0 Å². The van der Waals surface area contributed by atoms with Crippen LogP contribution in [0.15, 0.2) is 0 Å². The Labute approximate surface area is 144 Å². The van der Waals surface area contributed by atoms with Crippen LogP contribution in [-0.2, 0) is 19.5 Å². The first kappa shape index (κ1) is 16.0. The minimum Gasteiger partial charge on any atom is -0.317 e. The molecular formula is C18H30N4S. The van der Waals surface area contributed by atoms with Crippen LogP contribution in [0.2, 0.25) is 0 Å². The maximum atomic E-state index is 4.98. The van der Waals surface area contributed by atoms with Crippen LogP contribution in [0.1, 0.15) is 48.7 Å². The number of fused-ring (bicyclic) bond motifs is 1. The first-order valence-corrected chi connectivity index (χ1v) is 10.1. The second-order valence-electron chi connectivity index (χ2n) is 8.00. The fraction of sp³-hybridized carbons (Fsp3) is 0.833. The summed E-state index contributed by atoms with van der Waals surface area (Å²) in [6.45, 7) is 12.9. The van der Waals surface area contributed by atoms with Gasteiger partial charge in [0.05, 0.1) is 12.2 Å². The predicted molar refractivity (Wildman–Crippen MR) is 95.8 cm³/mol. The van der Waals surface area contributed by atoms with Crippen molar-refractivity contribution in [1.29, 1.82) is 0 Å². The van der Waals surface area contributed by atoms with Crippen molar-refractivity contribution in [3.05, 3.63) is 15.6 Å². The van der Waals surface area contributed by atoms with Gasteiger partial charge in [-0.05, 0) is 58.2 Å². The van der Waals surface area contributed by atoms with Crippen LogP contribution in [-0.4, -0.2) is 53.5 Å². The molecule has 4 nitrogen and oxygen atoms in total. The average molecular weight is 335 g/mol. The van der Waals surface area contributed by atoms with Crippen molar-refractivity contribution in [2.24, 2.45) is 5.41 Å². The van der Waals surface area contributed by atoms with Crippen LogP contribution in [0.4, 0.5) is 0 Å². The summed E-state index contributed by atoms with van der Waals surface area (Å²) in [7, 11) is 0. The molecule has 1 aromatic rings. The molecule has 1 N–H and O–H groups in total. The molecule has 0 amide bonds. The summed E-state index contributed by atoms with van der Waals surface area (Å²) >= 11 is 1.97. The van der Waals surface area contributed by atoms with E-state index in [0.717, 1.165) is 19.5 Å². The molecule has 128 valence electrons. The summed E-state index contributed by atoms with van der Waals surface area (Å²) in [5.41, 5.74) is 1.99. The maximum Gasteiger partial charge on any atom is 0.107 e. The predicted octanol–water partition coefficient (Wildman–Crippen LogP) is 2.49. The van der Waals surface area contributed by atoms with Crippen molar-refractivity contribution in [3.8, 4) is 0 Å². The number of nitrogens with zero attached hydrogens (tertiary/aromatic N) is 3. The topological polar surface area (TPSA) is 31.4 Å². The number of thiazole rings is 1. The zero-order valence-corrected chi connectivity index (χ0v) is 15.4. The largest absolute Gasteiger partial charge is 0.317 e.